The summed E-state index contributed by atoms with van der Waals surface area (Å²) in [6, 6.07) is 21.2. The Morgan fingerprint density at radius 1 is 0.774 bits per heavy atom. The highest BCUT2D eigenvalue weighted by molar-refractivity contribution is 6.33. The predicted octanol–water partition coefficient (Wildman–Crippen LogP) is 4.37. The third-order valence-corrected chi connectivity index (χ3v) is 6.04. The second-order valence-corrected chi connectivity index (χ2v) is 8.15. The Kier molecular flexibility index (Phi) is 6.73. The fourth-order valence-electron chi connectivity index (χ4n) is 3.99. The minimum Gasteiger partial charge on any atom is -0.343 e. The lowest BCUT2D eigenvalue weighted by molar-refractivity contribution is 0.0713. The van der Waals surface area contributed by atoms with E-state index in [0.29, 0.717) is 42.5 Å². The van der Waals surface area contributed by atoms with Gasteiger partial charge in [0.05, 0.1) is 10.6 Å². The largest absolute Gasteiger partial charge is 0.343 e. The summed E-state index contributed by atoms with van der Waals surface area (Å²) < 4.78 is 2.02. The molecule has 1 aliphatic heterocycles. The number of benzene rings is 2. The fourth-order valence-corrected chi connectivity index (χ4v) is 4.20. The summed E-state index contributed by atoms with van der Waals surface area (Å²) in [5.41, 5.74) is 2.46. The van der Waals surface area contributed by atoms with Crippen LogP contribution in [0.4, 0.5) is 0 Å². The zero-order valence-electron chi connectivity index (χ0n) is 17.4. The average molecular weight is 436 g/mol. The van der Waals surface area contributed by atoms with Gasteiger partial charge in [-0.2, -0.15) is 0 Å². The van der Waals surface area contributed by atoms with Crippen molar-refractivity contribution in [2.24, 2.45) is 0 Å². The van der Waals surface area contributed by atoms with Crippen molar-refractivity contribution in [1.29, 1.82) is 0 Å². The minimum atomic E-state index is -0.0777. The van der Waals surface area contributed by atoms with Crippen molar-refractivity contribution in [2.45, 2.75) is 19.4 Å². The molecule has 31 heavy (non-hydrogen) atoms. The molecule has 0 saturated carbocycles. The zero-order valence-corrected chi connectivity index (χ0v) is 18.2. The highest BCUT2D eigenvalue weighted by Crippen LogP contribution is 2.19. The van der Waals surface area contributed by atoms with Crippen LogP contribution in [0.15, 0.2) is 72.9 Å². The van der Waals surface area contributed by atoms with E-state index in [1.54, 1.807) is 17.0 Å². The molecule has 160 valence electrons. The summed E-state index contributed by atoms with van der Waals surface area (Å²) in [5, 5.41) is 0.459. The zero-order chi connectivity index (χ0) is 21.6. The molecule has 0 radical (unpaired) electrons. The van der Waals surface area contributed by atoms with Gasteiger partial charge in [-0.05, 0) is 42.7 Å². The number of carbonyl (C=O) groups is 2. The minimum absolute atomic E-state index is 0.0186. The number of hydrogen-bond donors (Lipinski definition) is 0. The van der Waals surface area contributed by atoms with E-state index >= 15 is 0 Å². The maximum Gasteiger partial charge on any atom is 0.270 e. The molecular weight excluding hydrogens is 410 g/mol. The number of hydrogen-bond acceptors (Lipinski definition) is 2. The van der Waals surface area contributed by atoms with Crippen LogP contribution < -0.4 is 0 Å². The van der Waals surface area contributed by atoms with E-state index in [-0.39, 0.29) is 11.8 Å². The van der Waals surface area contributed by atoms with Gasteiger partial charge in [-0.25, -0.2) is 0 Å². The van der Waals surface area contributed by atoms with E-state index < -0.39 is 0 Å². The van der Waals surface area contributed by atoms with Gasteiger partial charge in [-0.3, -0.25) is 9.59 Å². The molecule has 5 nitrogen and oxygen atoms in total. The molecule has 2 heterocycles. The Labute approximate surface area is 187 Å². The summed E-state index contributed by atoms with van der Waals surface area (Å²) in [7, 11) is 0. The first kappa shape index (κ1) is 21.2. The van der Waals surface area contributed by atoms with Gasteiger partial charge >= 0.3 is 0 Å². The molecule has 0 atom stereocenters. The summed E-state index contributed by atoms with van der Waals surface area (Å²) in [4.78, 5) is 29.8. The van der Waals surface area contributed by atoms with Crippen LogP contribution in [-0.2, 0) is 13.0 Å². The molecule has 2 amide bonds. The van der Waals surface area contributed by atoms with E-state index in [4.69, 9.17) is 11.6 Å². The van der Waals surface area contributed by atoms with Gasteiger partial charge < -0.3 is 14.4 Å². The van der Waals surface area contributed by atoms with Gasteiger partial charge in [-0.1, -0.05) is 54.1 Å². The third-order valence-electron chi connectivity index (χ3n) is 5.71. The molecule has 0 unspecified atom stereocenters. The van der Waals surface area contributed by atoms with Crippen molar-refractivity contribution in [3.05, 3.63) is 94.8 Å². The van der Waals surface area contributed by atoms with Crippen LogP contribution in [0.25, 0.3) is 0 Å². The Bertz CT molecular complexity index is 1050. The molecule has 1 aliphatic rings. The van der Waals surface area contributed by atoms with Crippen molar-refractivity contribution in [3.63, 3.8) is 0 Å². The third kappa shape index (κ3) is 5.00. The lowest BCUT2D eigenvalue weighted by atomic mass is 10.1. The predicted molar refractivity (Wildman–Crippen MR) is 122 cm³/mol. The Balaban J connectivity index is 1.40. The molecule has 4 rings (SSSR count). The number of aromatic nitrogens is 1. The fraction of sp³-hybridized carbons (Fsp3) is 0.280. The van der Waals surface area contributed by atoms with E-state index in [1.165, 1.54) is 5.56 Å². The van der Waals surface area contributed by atoms with Gasteiger partial charge in [0.1, 0.15) is 5.69 Å². The van der Waals surface area contributed by atoms with E-state index in [9.17, 15) is 9.59 Å². The van der Waals surface area contributed by atoms with E-state index in [2.05, 4.69) is 12.1 Å². The van der Waals surface area contributed by atoms with E-state index in [1.807, 2.05) is 58.1 Å². The molecule has 0 aliphatic carbocycles. The number of aryl methyl sites for hydroxylation is 2. The van der Waals surface area contributed by atoms with Gasteiger partial charge in [0.2, 0.25) is 0 Å². The molecule has 1 aromatic heterocycles. The lowest BCUT2D eigenvalue weighted by Gasteiger charge is -2.23. The monoisotopic (exact) mass is 435 g/mol. The summed E-state index contributed by atoms with van der Waals surface area (Å²) in [6.45, 7) is 3.01. The Hall–Kier alpha value is -3.05. The Morgan fingerprint density at radius 3 is 2.19 bits per heavy atom. The van der Waals surface area contributed by atoms with Crippen LogP contribution in [0.1, 0.15) is 32.8 Å². The van der Waals surface area contributed by atoms with Crippen molar-refractivity contribution < 1.29 is 9.59 Å². The molecular formula is C25H26ClN3O2. The molecule has 2 aromatic carbocycles. The molecule has 0 bridgehead atoms. The second kappa shape index (κ2) is 9.84. The van der Waals surface area contributed by atoms with Gasteiger partial charge in [-0.15, -0.1) is 0 Å². The standard InChI is InChI=1S/C25H26ClN3O2/c26-22-11-5-4-10-21(22)24(30)28-15-7-16-29(19-18-28)25(31)23-12-6-14-27(23)17-13-20-8-2-1-3-9-20/h1-6,8-12,14H,7,13,15-19H2. The van der Waals surface area contributed by atoms with Crippen molar-refractivity contribution in [3.8, 4) is 0 Å². The number of rotatable bonds is 5. The number of nitrogens with zero attached hydrogens (tertiary/aromatic N) is 3. The molecule has 1 saturated heterocycles. The van der Waals surface area contributed by atoms with Crippen molar-refractivity contribution in [1.82, 2.24) is 14.4 Å². The van der Waals surface area contributed by atoms with Crippen LogP contribution >= 0.6 is 11.6 Å². The van der Waals surface area contributed by atoms with Crippen LogP contribution in [0.2, 0.25) is 5.02 Å². The quantitative estimate of drug-likeness (QED) is 0.597. The summed E-state index contributed by atoms with van der Waals surface area (Å²) >= 11 is 6.20. The Morgan fingerprint density at radius 2 is 1.45 bits per heavy atom. The van der Waals surface area contributed by atoms with Crippen LogP contribution in [0, 0.1) is 0 Å². The molecule has 0 N–H and O–H groups in total. The highest BCUT2D eigenvalue weighted by Gasteiger charge is 2.25. The molecule has 6 heteroatoms. The van der Waals surface area contributed by atoms with Crippen LogP contribution in [0.3, 0.4) is 0 Å². The molecule has 1 fully saturated rings. The number of halogens is 1. The average Bonchev–Trinajstić information content (AvgIpc) is 3.13. The first-order valence-electron chi connectivity index (χ1n) is 10.7. The summed E-state index contributed by atoms with van der Waals surface area (Å²) in [6.07, 6.45) is 3.57. The van der Waals surface area contributed by atoms with Crippen molar-refractivity contribution in [2.75, 3.05) is 26.2 Å². The van der Waals surface area contributed by atoms with Crippen LogP contribution in [-0.4, -0.2) is 52.4 Å². The van der Waals surface area contributed by atoms with Gasteiger partial charge in [0.25, 0.3) is 11.8 Å². The maximum atomic E-state index is 13.2. The van der Waals surface area contributed by atoms with Gasteiger partial charge in [0.15, 0.2) is 0 Å². The highest BCUT2D eigenvalue weighted by atomic mass is 35.5. The smallest absolute Gasteiger partial charge is 0.270 e. The first-order chi connectivity index (χ1) is 15.1. The first-order valence-corrected chi connectivity index (χ1v) is 11.0. The van der Waals surface area contributed by atoms with E-state index in [0.717, 1.165) is 19.4 Å². The second-order valence-electron chi connectivity index (χ2n) is 7.74. The number of carbonyl (C=O) groups excluding carboxylic acids is 2. The normalized spacial score (nSPS) is 14.4. The van der Waals surface area contributed by atoms with Crippen molar-refractivity contribution >= 4 is 23.4 Å². The molecule has 3 aromatic rings. The maximum absolute atomic E-state index is 13.2. The number of amides is 2. The van der Waals surface area contributed by atoms with Gasteiger partial charge in [0, 0.05) is 38.9 Å². The summed E-state index contributed by atoms with van der Waals surface area (Å²) in [5.74, 6) is -0.0590. The molecule has 0 spiro atoms. The lowest BCUT2D eigenvalue weighted by Crippen LogP contribution is -2.38. The SMILES string of the molecule is O=C(c1ccccc1Cl)N1CCCN(C(=O)c2cccn2CCc2ccccc2)CC1. The topological polar surface area (TPSA) is 45.6 Å². The van der Waals surface area contributed by atoms with Crippen LogP contribution in [0.5, 0.6) is 0 Å².